The highest BCUT2D eigenvalue weighted by Crippen LogP contribution is 2.32. The molecule has 4 aromatic rings. The molecule has 0 aliphatic rings. The quantitative estimate of drug-likeness (QED) is 0.120. The molecule has 0 unspecified atom stereocenters. The molecule has 0 spiro atoms. The summed E-state index contributed by atoms with van der Waals surface area (Å²) in [6.45, 7) is 14.2. The van der Waals surface area contributed by atoms with Gasteiger partial charge in [-0.1, -0.05) is 39.1 Å². The van der Waals surface area contributed by atoms with E-state index in [4.69, 9.17) is 10.7 Å². The Morgan fingerprint density at radius 1 is 1.24 bits per heavy atom. The number of imidazole rings is 1. The summed E-state index contributed by atoms with van der Waals surface area (Å²) < 4.78 is 13.6. The molecule has 4 N–H and O–H groups in total. The molecular weight excluding hydrogens is 493 g/mol. The molecule has 0 radical (unpaired) electrons. The van der Waals surface area contributed by atoms with Gasteiger partial charge >= 0.3 is 0 Å². The van der Waals surface area contributed by atoms with E-state index in [1.807, 2.05) is 19.1 Å². The molecule has 0 atom stereocenters. The molecule has 0 aliphatic heterocycles. The number of pyridine rings is 1. The average Bonchev–Trinajstić information content (AvgIpc) is 3.54. The third kappa shape index (κ3) is 6.47. The first-order valence-corrected chi connectivity index (χ1v) is 12.9. The summed E-state index contributed by atoms with van der Waals surface area (Å²) in [6, 6.07) is 9.22. The predicted molar refractivity (Wildman–Crippen MR) is 160 cm³/mol. The fourth-order valence-electron chi connectivity index (χ4n) is 3.80. The first-order valence-electron chi connectivity index (χ1n) is 12.1. The third-order valence-corrected chi connectivity index (χ3v) is 6.87. The van der Waals surface area contributed by atoms with E-state index in [1.54, 1.807) is 24.5 Å². The number of benzene rings is 1. The Kier molecular flexibility index (Phi) is 9.42. The van der Waals surface area contributed by atoms with Crippen molar-refractivity contribution in [2.45, 2.75) is 27.2 Å². The van der Waals surface area contributed by atoms with Crippen LogP contribution in [0.25, 0.3) is 27.0 Å². The molecule has 0 saturated heterocycles. The number of nitrogens with one attached hydrogen (secondary N) is 2. The first kappa shape index (κ1) is 28.2. The van der Waals surface area contributed by atoms with Crippen LogP contribution in [0.2, 0.25) is 0 Å². The van der Waals surface area contributed by atoms with Crippen LogP contribution in [0.4, 0.5) is 10.1 Å². The van der Waals surface area contributed by atoms with E-state index in [-0.39, 0.29) is 5.13 Å². The van der Waals surface area contributed by atoms with E-state index in [0.29, 0.717) is 18.0 Å². The molecule has 194 valence electrons. The number of anilines is 1. The molecule has 38 heavy (non-hydrogen) atoms. The zero-order valence-electron chi connectivity index (χ0n) is 21.9. The van der Waals surface area contributed by atoms with Gasteiger partial charge in [-0.15, -0.1) is 24.2 Å². The van der Waals surface area contributed by atoms with Crippen LogP contribution in [-0.4, -0.2) is 15.0 Å². The Morgan fingerprint density at radius 2 is 2.00 bits per heavy atom. The average molecular weight is 526 g/mol. The van der Waals surface area contributed by atoms with Gasteiger partial charge in [-0.3, -0.25) is 4.98 Å². The van der Waals surface area contributed by atoms with E-state index in [0.717, 1.165) is 66.7 Å². The number of hydrogen-bond donors (Lipinski definition) is 3. The summed E-state index contributed by atoms with van der Waals surface area (Å²) in [5.41, 5.74) is 14.2. The van der Waals surface area contributed by atoms with E-state index in [1.165, 1.54) is 6.07 Å². The Morgan fingerprint density at radius 3 is 2.63 bits per heavy atom. The molecule has 0 bridgehead atoms. The van der Waals surface area contributed by atoms with Crippen LogP contribution in [0.3, 0.4) is 0 Å². The van der Waals surface area contributed by atoms with E-state index in [9.17, 15) is 4.39 Å². The van der Waals surface area contributed by atoms with Gasteiger partial charge in [0, 0.05) is 40.1 Å². The number of fused-ring (bicyclic) bond motifs is 1. The van der Waals surface area contributed by atoms with Crippen LogP contribution >= 0.6 is 11.3 Å². The summed E-state index contributed by atoms with van der Waals surface area (Å²) in [6.07, 6.45) is 17.9. The van der Waals surface area contributed by atoms with Gasteiger partial charge in [0.2, 0.25) is 0 Å². The predicted octanol–water partition coefficient (Wildman–Crippen LogP) is 7.48. The lowest BCUT2D eigenvalue weighted by molar-refractivity contribution is 0.657. The molecule has 7 heteroatoms. The summed E-state index contributed by atoms with van der Waals surface area (Å²) in [5, 5.41) is 3.10. The molecule has 3 heterocycles. The number of nitrogen functional groups attached to an aromatic ring is 1. The standard InChI is InChI=1S/C29H30FN5S.C2H2/c1-6-19(13-22(7-2)33-18(5)17(3)4)20-8-9-24(31)21(12-20)14-28-34-25-16-32-15-23(29(25)35-28)26-10-11-27(30)36-26;1-2/h6-13,15-17,33H,2,5,14,31H2,1,3-4H3,(H,34,35);1-2H/b19-6+,22-13+;. The monoisotopic (exact) mass is 525 g/mol. The maximum absolute atomic E-state index is 13.6. The zero-order chi connectivity index (χ0) is 27.8. The van der Waals surface area contributed by atoms with Gasteiger partial charge in [-0.25, -0.2) is 4.98 Å². The van der Waals surface area contributed by atoms with Gasteiger partial charge in [0.1, 0.15) is 11.3 Å². The second kappa shape index (κ2) is 12.7. The molecule has 0 fully saturated rings. The fraction of sp³-hybridized carbons (Fsp3) is 0.161. The first-order chi connectivity index (χ1) is 18.3. The van der Waals surface area contributed by atoms with Crippen LogP contribution < -0.4 is 11.1 Å². The number of aromatic amines is 1. The minimum absolute atomic E-state index is 0.237. The Labute approximate surface area is 227 Å². The molecule has 4 rings (SSSR count). The molecular formula is C31H32FN5S. The van der Waals surface area contributed by atoms with Crippen LogP contribution in [-0.2, 0) is 6.42 Å². The van der Waals surface area contributed by atoms with Crippen molar-refractivity contribution in [3.63, 3.8) is 0 Å². The van der Waals surface area contributed by atoms with Crippen LogP contribution in [0.15, 0.2) is 85.5 Å². The lowest BCUT2D eigenvalue weighted by atomic mass is 9.99. The number of terminal acetylenes is 1. The zero-order valence-corrected chi connectivity index (χ0v) is 22.7. The lowest BCUT2D eigenvalue weighted by Gasteiger charge is -2.15. The second-order valence-corrected chi connectivity index (χ2v) is 9.85. The molecule has 5 nitrogen and oxygen atoms in total. The minimum Gasteiger partial charge on any atom is -0.398 e. The summed E-state index contributed by atoms with van der Waals surface area (Å²) >= 11 is 1.08. The highest BCUT2D eigenvalue weighted by Gasteiger charge is 2.14. The number of rotatable bonds is 9. The van der Waals surface area contributed by atoms with Crippen LogP contribution in [0.1, 0.15) is 37.7 Å². The van der Waals surface area contributed by atoms with Crippen LogP contribution in [0.5, 0.6) is 0 Å². The Balaban J connectivity index is 0.00000195. The van der Waals surface area contributed by atoms with Gasteiger partial charge < -0.3 is 16.0 Å². The largest absolute Gasteiger partial charge is 0.398 e. The molecule has 0 saturated carbocycles. The number of H-pyrrole nitrogens is 1. The third-order valence-electron chi connectivity index (χ3n) is 5.96. The number of allylic oxidation sites excluding steroid dienone is 5. The molecule has 3 aromatic heterocycles. The van der Waals surface area contributed by atoms with Gasteiger partial charge in [-0.2, -0.15) is 4.39 Å². The van der Waals surface area contributed by atoms with E-state index in [2.05, 4.69) is 73.4 Å². The van der Waals surface area contributed by atoms with Gasteiger partial charge in [0.15, 0.2) is 5.13 Å². The summed E-state index contributed by atoms with van der Waals surface area (Å²) in [5.74, 6) is 1.07. The highest BCUT2D eigenvalue weighted by atomic mass is 32.1. The number of nitrogens with zero attached hydrogens (tertiary/aromatic N) is 2. The second-order valence-electron chi connectivity index (χ2n) is 8.81. The van der Waals surface area contributed by atoms with E-state index >= 15 is 0 Å². The highest BCUT2D eigenvalue weighted by molar-refractivity contribution is 7.14. The number of hydrogen-bond acceptors (Lipinski definition) is 5. The van der Waals surface area contributed by atoms with Gasteiger partial charge in [0.25, 0.3) is 0 Å². The maximum atomic E-state index is 13.6. The van der Waals surface area contributed by atoms with Gasteiger partial charge in [-0.05, 0) is 66.0 Å². The van der Waals surface area contributed by atoms with Crippen molar-refractivity contribution in [2.75, 3.05) is 5.73 Å². The van der Waals surface area contributed by atoms with Crippen molar-refractivity contribution in [3.8, 4) is 23.3 Å². The van der Waals surface area contributed by atoms with E-state index < -0.39 is 0 Å². The number of nitrogens with two attached hydrogens (primary N) is 1. The Hall–Kier alpha value is -4.41. The number of halogens is 1. The topological polar surface area (TPSA) is 79.6 Å². The van der Waals surface area contributed by atoms with Crippen molar-refractivity contribution in [1.29, 1.82) is 0 Å². The van der Waals surface area contributed by atoms with Crippen molar-refractivity contribution in [2.24, 2.45) is 5.92 Å². The number of thiophene rings is 1. The fourth-order valence-corrected chi connectivity index (χ4v) is 4.54. The van der Waals surface area contributed by atoms with Crippen molar-refractivity contribution < 1.29 is 4.39 Å². The lowest BCUT2D eigenvalue weighted by Crippen LogP contribution is -2.14. The van der Waals surface area contributed by atoms with Gasteiger partial charge in [0.05, 0.1) is 11.7 Å². The minimum atomic E-state index is -0.237. The Bertz CT molecular complexity index is 1530. The van der Waals surface area contributed by atoms with Crippen molar-refractivity contribution >= 4 is 33.6 Å². The summed E-state index contributed by atoms with van der Waals surface area (Å²) in [4.78, 5) is 13.3. The van der Waals surface area contributed by atoms with Crippen molar-refractivity contribution in [3.05, 3.63) is 108 Å². The smallest absolute Gasteiger partial charge is 0.176 e. The van der Waals surface area contributed by atoms with Crippen LogP contribution in [0, 0.1) is 23.9 Å². The normalized spacial score (nSPS) is 11.8. The SMILES string of the molecule is C#C.C=C/C(=C\C(=C/C)c1ccc(N)c(Cc2nc3c(-c4ccc(F)s4)cncc3[nH]2)c1)NC(=C)C(C)C. The maximum Gasteiger partial charge on any atom is 0.176 e. The molecule has 1 aromatic carbocycles. The molecule has 0 aliphatic carbocycles. The summed E-state index contributed by atoms with van der Waals surface area (Å²) in [7, 11) is 0. The number of aromatic nitrogens is 3. The van der Waals surface area contributed by atoms with Crippen molar-refractivity contribution in [1.82, 2.24) is 20.3 Å². The molecule has 0 amide bonds.